The molecule has 30 heteroatoms. The van der Waals surface area contributed by atoms with Crippen molar-refractivity contribution < 1.29 is 58.6 Å². The van der Waals surface area contributed by atoms with Crippen molar-refractivity contribution in [2.24, 2.45) is 16.2 Å². The topological polar surface area (TPSA) is 256 Å². The minimum Gasteiger partial charge on any atom is -0.476 e. The zero-order valence-corrected chi connectivity index (χ0v) is 62.8. The highest BCUT2D eigenvalue weighted by atomic mass is 35.5. The smallest absolute Gasteiger partial charge is 0.265 e. The monoisotopic (exact) mass is 1520 g/mol. The van der Waals surface area contributed by atoms with Crippen molar-refractivity contribution in [3.8, 4) is 35.5 Å². The number of likely N-dealkylation sites (tertiary alicyclic amines) is 3. The van der Waals surface area contributed by atoms with Crippen LogP contribution in [-0.2, 0) is 53.7 Å². The summed E-state index contributed by atoms with van der Waals surface area (Å²) in [5, 5.41) is 34.3. The molecule has 12 rings (SSSR count). The maximum Gasteiger partial charge on any atom is 0.265 e. The second kappa shape index (κ2) is 31.7. The number of rotatable bonds is 14. The second-order valence-electron chi connectivity index (χ2n) is 27.9. The van der Waals surface area contributed by atoms with E-state index in [4.69, 9.17) is 49.0 Å². The minimum atomic E-state index is -3.71. The Morgan fingerprint density at radius 2 is 0.750 bits per heavy atom. The Balaban J connectivity index is 0.000000168. The molecule has 3 fully saturated rings. The molecule has 6 aliphatic rings. The number of sulfonamides is 2. The van der Waals surface area contributed by atoms with Crippen molar-refractivity contribution in [3.63, 3.8) is 0 Å². The second-order valence-corrected chi connectivity index (χ2v) is 32.9. The van der Waals surface area contributed by atoms with Gasteiger partial charge in [-0.3, -0.25) is 23.0 Å². The lowest BCUT2D eigenvalue weighted by Crippen LogP contribution is -2.54. The van der Waals surface area contributed by atoms with Crippen molar-refractivity contribution in [3.05, 3.63) is 158 Å². The summed E-state index contributed by atoms with van der Waals surface area (Å²) in [4.78, 5) is 50.5. The molecule has 3 amide bonds. The number of nitrogens with zero attached hydrogens (tertiary/aromatic N) is 11. The lowest BCUT2D eigenvalue weighted by molar-refractivity contribution is -0.141. The molecule has 0 bridgehead atoms. The highest BCUT2D eigenvalue weighted by Gasteiger charge is 2.45. The molecule has 6 aromatic carbocycles. The van der Waals surface area contributed by atoms with Gasteiger partial charge in [0.25, 0.3) is 17.7 Å². The molecular weight excluding hydrogens is 1440 g/mol. The van der Waals surface area contributed by atoms with Gasteiger partial charge in [-0.05, 0) is 129 Å². The third-order valence-electron chi connectivity index (χ3n) is 19.8. The van der Waals surface area contributed by atoms with Crippen LogP contribution < -0.4 is 42.8 Å². The van der Waals surface area contributed by atoms with Gasteiger partial charge >= 0.3 is 0 Å². The van der Waals surface area contributed by atoms with E-state index in [2.05, 4.69) is 23.5 Å². The van der Waals surface area contributed by atoms with Gasteiger partial charge in [0.15, 0.2) is 18.3 Å². The van der Waals surface area contributed by atoms with Gasteiger partial charge in [-0.2, -0.15) is 15.8 Å². The number of benzene rings is 6. The number of amides is 3. The van der Waals surface area contributed by atoms with Crippen molar-refractivity contribution >= 4 is 107 Å². The number of anilines is 6. The molecule has 3 atom stereocenters. The predicted octanol–water partition coefficient (Wildman–Crippen LogP) is 11.0. The van der Waals surface area contributed by atoms with Crippen molar-refractivity contribution in [1.82, 2.24) is 14.7 Å². The van der Waals surface area contributed by atoms with Gasteiger partial charge in [0.1, 0.15) is 34.7 Å². The van der Waals surface area contributed by atoms with E-state index in [0.29, 0.717) is 147 Å². The number of halogens is 6. The van der Waals surface area contributed by atoms with E-state index in [1.54, 1.807) is 101 Å². The number of hydrogen-bond acceptors (Lipinski definition) is 17. The fraction of sp³-hybridized carbons (Fsp3) is 0.432. The van der Waals surface area contributed by atoms with Crippen LogP contribution >= 0.6 is 34.8 Å². The Morgan fingerprint density at radius 1 is 0.471 bits per heavy atom. The molecule has 0 radical (unpaired) electrons. The Kier molecular flexibility index (Phi) is 23.7. The van der Waals surface area contributed by atoms with Crippen LogP contribution in [-0.4, -0.2) is 181 Å². The summed E-state index contributed by atoms with van der Waals surface area (Å²) in [6.07, 6.45) is 3.89. The van der Waals surface area contributed by atoms with Crippen LogP contribution in [0.5, 0.6) is 17.2 Å². The number of hydrogen-bond donors (Lipinski definition) is 1. The average molecular weight is 1530 g/mol. The zero-order valence-electron chi connectivity index (χ0n) is 58.9. The first-order valence-corrected chi connectivity index (χ1v) is 38.5. The third-order valence-corrected chi connectivity index (χ3v) is 23.0. The SMILES string of the molecule is CN(C)c1cc2c(cc1Cl)N(S(C)(=O)=O)CC(C(=O)N1CCC(C#N)(Cc3ccc(F)cc3)CC1)O2.CN(C)c1cc2c(cc1Cl)N(S(C)(=O)=O)CC(C(=O)N1CCC(C#N)(Cc3ccc(F)cc3)CC1)O2.CN(C)c1cc2c(cc1Cl)NCC(C(=O)N1CCC(C#N)(Cc3ccc(F)cc3)CC1)O2. The largest absolute Gasteiger partial charge is 0.476 e. The van der Waals surface area contributed by atoms with E-state index in [1.165, 1.54) is 48.5 Å². The van der Waals surface area contributed by atoms with Crippen LogP contribution in [0.1, 0.15) is 55.2 Å². The first-order valence-electron chi connectivity index (χ1n) is 33.7. The number of carbonyl (C=O) groups excluding carboxylic acids is 3. The third kappa shape index (κ3) is 17.8. The molecule has 6 aromatic rings. The molecule has 3 saturated heterocycles. The molecule has 104 heavy (non-hydrogen) atoms. The quantitative estimate of drug-likeness (QED) is 0.106. The van der Waals surface area contributed by atoms with E-state index < -0.39 is 54.6 Å². The summed E-state index contributed by atoms with van der Waals surface area (Å²) in [5.41, 5.74) is 4.22. The van der Waals surface area contributed by atoms with Gasteiger partial charge in [-0.25, -0.2) is 30.0 Å². The van der Waals surface area contributed by atoms with Gasteiger partial charge in [0.2, 0.25) is 20.0 Å². The Hall–Kier alpha value is -9.04. The Morgan fingerprint density at radius 3 is 1.04 bits per heavy atom. The first kappa shape index (κ1) is 77.6. The summed E-state index contributed by atoms with van der Waals surface area (Å²) in [6.45, 7) is 2.35. The summed E-state index contributed by atoms with van der Waals surface area (Å²) in [5.74, 6) is -0.573. The standard InChI is InChI=1S/2C25H28ClFN4O4S.C24H26ClFN4O2/c2*1-29(2)20-13-22-21(12-19(20)26)31(36(3,33)34)15-23(35-22)24(32)30-10-8-25(16-28,9-11-30)14-17-4-6-18(27)7-5-17;1-29(2)20-12-21-19(11-18(20)25)28-14-22(32-21)23(31)30-9-7-24(15-27,8-10-30)13-16-3-5-17(26)6-4-16/h2*4-7,12-13,23H,8-11,14-15H2,1-3H3;3-6,11-12,22,28H,7-10,13-14H2,1-2H3. The maximum atomic E-state index is 13.4. The highest BCUT2D eigenvalue weighted by Crippen LogP contribution is 2.46. The Bertz CT molecular complexity index is 4360. The van der Waals surface area contributed by atoms with Crippen LogP contribution in [0.15, 0.2) is 109 Å². The summed E-state index contributed by atoms with van der Waals surface area (Å²) >= 11 is 19.0. The van der Waals surface area contributed by atoms with Crippen molar-refractivity contribution in [2.45, 2.75) is 76.1 Å². The molecule has 0 aliphatic carbocycles. The molecule has 0 spiro atoms. The van der Waals surface area contributed by atoms with Crippen LogP contribution in [0.25, 0.3) is 0 Å². The Labute approximate surface area is 620 Å². The molecule has 3 unspecified atom stereocenters. The molecular formula is C74H82Cl3F3N12O10S2. The van der Waals surface area contributed by atoms with Gasteiger partial charge in [0.05, 0.1) is 116 Å². The van der Waals surface area contributed by atoms with Crippen LogP contribution in [0, 0.1) is 67.7 Å². The van der Waals surface area contributed by atoms with E-state index in [-0.39, 0.29) is 59.8 Å². The summed E-state index contributed by atoms with van der Waals surface area (Å²) < 4.78 is 110. The molecule has 552 valence electrons. The zero-order chi connectivity index (χ0) is 75.4. The average Bonchev–Trinajstić information content (AvgIpc) is 0.764. The number of piperidine rings is 3. The van der Waals surface area contributed by atoms with Gasteiger partial charge in [-0.1, -0.05) is 71.2 Å². The fourth-order valence-corrected chi connectivity index (χ4v) is 16.6. The van der Waals surface area contributed by atoms with E-state index >= 15 is 0 Å². The molecule has 0 saturated carbocycles. The molecule has 22 nitrogen and oxygen atoms in total. The number of nitriles is 3. The van der Waals surface area contributed by atoms with E-state index in [9.17, 15) is 60.2 Å². The van der Waals surface area contributed by atoms with Gasteiger partial charge in [0, 0.05) is 99.8 Å². The number of fused-ring (bicyclic) bond motifs is 3. The van der Waals surface area contributed by atoms with Crippen molar-refractivity contribution in [1.29, 1.82) is 15.8 Å². The lowest BCUT2D eigenvalue weighted by atomic mass is 9.75. The van der Waals surface area contributed by atoms with Gasteiger partial charge < -0.3 is 48.9 Å². The minimum absolute atomic E-state index is 0.0853. The summed E-state index contributed by atoms with van der Waals surface area (Å²) in [7, 11) is 3.58. The predicted molar refractivity (Wildman–Crippen MR) is 395 cm³/mol. The van der Waals surface area contributed by atoms with Crippen molar-refractivity contribution in [2.75, 3.05) is 142 Å². The lowest BCUT2D eigenvalue weighted by Gasteiger charge is -2.41. The summed E-state index contributed by atoms with van der Waals surface area (Å²) in [6, 6.07) is 35.7. The fourth-order valence-electron chi connectivity index (χ4n) is 13.8. The van der Waals surface area contributed by atoms with Gasteiger partial charge in [-0.15, -0.1) is 0 Å². The molecule has 6 heterocycles. The molecule has 1 N–H and O–H groups in total. The number of ether oxygens (including phenoxy) is 3. The molecule has 0 aromatic heterocycles. The van der Waals surface area contributed by atoms with E-state index in [0.717, 1.165) is 49.2 Å². The van der Waals surface area contributed by atoms with Crippen LogP contribution in [0.2, 0.25) is 15.1 Å². The van der Waals surface area contributed by atoms with Crippen LogP contribution in [0.3, 0.4) is 0 Å². The molecule has 6 aliphatic heterocycles. The van der Waals surface area contributed by atoms with E-state index in [1.807, 2.05) is 31.1 Å². The first-order chi connectivity index (χ1) is 49.1. The normalized spacial score (nSPS) is 19.2. The number of carbonyl (C=O) groups is 3. The number of nitrogens with one attached hydrogen (secondary N) is 1. The van der Waals surface area contributed by atoms with Crippen LogP contribution in [0.4, 0.5) is 47.3 Å². The highest BCUT2D eigenvalue weighted by molar-refractivity contribution is 7.92. The maximum absolute atomic E-state index is 13.4.